The van der Waals surface area contributed by atoms with Gasteiger partial charge in [0, 0.05) is 13.6 Å². The maximum absolute atomic E-state index is 12.8. The third-order valence-corrected chi connectivity index (χ3v) is 5.33. The Hall–Kier alpha value is -2.31. The molecule has 0 aromatic rings. The van der Waals surface area contributed by atoms with Crippen LogP contribution < -0.4 is 16.1 Å². The number of carbonyl (C=O) groups is 4. The van der Waals surface area contributed by atoms with Gasteiger partial charge in [-0.15, -0.1) is 11.0 Å². The normalized spacial score (nSPS) is 18.9. The number of nitrogens with zero attached hydrogens (tertiary/aromatic N) is 2. The zero-order valence-electron chi connectivity index (χ0n) is 17.9. The van der Waals surface area contributed by atoms with E-state index >= 15 is 0 Å². The molecular weight excluding hydrogens is 426 g/mol. The van der Waals surface area contributed by atoms with E-state index < -0.39 is 30.0 Å². The molecule has 31 heavy (non-hydrogen) atoms. The summed E-state index contributed by atoms with van der Waals surface area (Å²) < 4.78 is 11.6. The molecule has 1 heterocycles. The zero-order chi connectivity index (χ0) is 22.8. The van der Waals surface area contributed by atoms with Crippen LogP contribution >= 0.6 is 12.2 Å². The monoisotopic (exact) mass is 457 g/mol. The zero-order valence-corrected chi connectivity index (χ0v) is 18.7. The summed E-state index contributed by atoms with van der Waals surface area (Å²) in [5, 5.41) is 5.07. The minimum absolute atomic E-state index is 0.196. The minimum Gasteiger partial charge on any atom is -0.450 e. The summed E-state index contributed by atoms with van der Waals surface area (Å²) in [4.78, 5) is 50.7. The molecule has 2 unspecified atom stereocenters. The summed E-state index contributed by atoms with van der Waals surface area (Å²) in [5.41, 5.74) is 2.65. The first-order valence-corrected chi connectivity index (χ1v) is 11.0. The predicted octanol–water partition coefficient (Wildman–Crippen LogP) is 0.490. The summed E-state index contributed by atoms with van der Waals surface area (Å²) in [7, 11) is 1.64. The van der Waals surface area contributed by atoms with E-state index in [1.165, 1.54) is 9.31 Å². The highest BCUT2D eigenvalue weighted by Crippen LogP contribution is 2.28. The number of amides is 4. The van der Waals surface area contributed by atoms with Crippen molar-refractivity contribution in [1.29, 1.82) is 0 Å². The summed E-state index contributed by atoms with van der Waals surface area (Å²) >= 11 is 1.04. The number of carbonyl (C=O) groups excluding carboxylic acids is 4. The van der Waals surface area contributed by atoms with Crippen LogP contribution in [0.5, 0.6) is 0 Å². The molecule has 1 aliphatic carbocycles. The number of nitrogens with one attached hydrogen (secondary N) is 3. The van der Waals surface area contributed by atoms with Gasteiger partial charge in [0.25, 0.3) is 5.91 Å². The summed E-state index contributed by atoms with van der Waals surface area (Å²) in [6.45, 7) is 5.64. The number of alkyl carbamates (subject to hydrolysis) is 1. The second-order valence-electron chi connectivity index (χ2n) is 7.25. The Kier molecular flexibility index (Phi) is 10.1. The molecule has 1 saturated carbocycles. The van der Waals surface area contributed by atoms with Crippen molar-refractivity contribution < 1.29 is 28.1 Å². The van der Waals surface area contributed by atoms with Gasteiger partial charge in [-0.3, -0.25) is 24.0 Å². The van der Waals surface area contributed by atoms with Gasteiger partial charge in [0.05, 0.1) is 12.7 Å². The van der Waals surface area contributed by atoms with Gasteiger partial charge in [-0.1, -0.05) is 6.08 Å². The van der Waals surface area contributed by atoms with Crippen molar-refractivity contribution >= 4 is 36.0 Å². The van der Waals surface area contributed by atoms with Crippen LogP contribution in [0.1, 0.15) is 39.0 Å². The van der Waals surface area contributed by atoms with Crippen LogP contribution in [0.2, 0.25) is 0 Å². The number of hydrazine groups is 1. The average molecular weight is 458 g/mol. The van der Waals surface area contributed by atoms with Crippen molar-refractivity contribution in [2.75, 3.05) is 26.7 Å². The Labute approximate surface area is 186 Å². The molecule has 0 aromatic carbocycles. The molecule has 2 rings (SSSR count). The fourth-order valence-electron chi connectivity index (χ4n) is 2.98. The van der Waals surface area contributed by atoms with E-state index in [4.69, 9.17) is 8.92 Å². The molecule has 0 spiro atoms. The van der Waals surface area contributed by atoms with Crippen molar-refractivity contribution in [3.63, 3.8) is 0 Å². The van der Waals surface area contributed by atoms with Crippen molar-refractivity contribution in [2.45, 2.75) is 57.2 Å². The lowest BCUT2D eigenvalue weighted by molar-refractivity contribution is -0.139. The van der Waals surface area contributed by atoms with E-state index in [1.807, 2.05) is 0 Å². The standard InChI is InChI=1S/C19H31N5O6S/c1-4-7-14(17(26)22-23(3)31-30-13-9-10-13)21-18(27)15-8-6-11-24(15)16(25)12-20-19(28)29-5-2/h4,13-15H,1,5-12H2,2-3H3,(H,20,28)(H,21,27)(H,22,26). The summed E-state index contributed by atoms with van der Waals surface area (Å²) in [6, 6.07) is -1.55. The van der Waals surface area contributed by atoms with Gasteiger partial charge < -0.3 is 20.3 Å². The summed E-state index contributed by atoms with van der Waals surface area (Å²) in [6.07, 6.45) is 4.45. The molecule has 11 nitrogen and oxygen atoms in total. The number of hydrogen-bond donors (Lipinski definition) is 3. The molecule has 1 aliphatic heterocycles. The lowest BCUT2D eigenvalue weighted by atomic mass is 10.1. The highest BCUT2D eigenvalue weighted by molar-refractivity contribution is 7.92. The number of hydrogen-bond acceptors (Lipinski definition) is 8. The second kappa shape index (κ2) is 12.5. The van der Waals surface area contributed by atoms with Crippen molar-refractivity contribution in [3.8, 4) is 0 Å². The molecule has 4 amide bonds. The van der Waals surface area contributed by atoms with Gasteiger partial charge in [-0.25, -0.2) is 4.79 Å². The van der Waals surface area contributed by atoms with E-state index in [-0.39, 0.29) is 31.6 Å². The molecule has 0 bridgehead atoms. The maximum atomic E-state index is 12.8. The quantitative estimate of drug-likeness (QED) is 0.167. The maximum Gasteiger partial charge on any atom is 0.407 e. The van der Waals surface area contributed by atoms with E-state index in [0.717, 1.165) is 25.1 Å². The molecule has 174 valence electrons. The topological polar surface area (TPSA) is 129 Å². The van der Waals surface area contributed by atoms with Crippen LogP contribution in [-0.4, -0.2) is 78.1 Å². The predicted molar refractivity (Wildman–Crippen MR) is 114 cm³/mol. The van der Waals surface area contributed by atoms with Gasteiger partial charge in [0.2, 0.25) is 11.8 Å². The molecule has 2 aliphatic rings. The van der Waals surface area contributed by atoms with Crippen molar-refractivity contribution in [2.24, 2.45) is 0 Å². The molecule has 2 fully saturated rings. The lowest BCUT2D eigenvalue weighted by Gasteiger charge is -2.27. The first-order valence-electron chi connectivity index (χ1n) is 10.3. The van der Waals surface area contributed by atoms with Gasteiger partial charge >= 0.3 is 6.09 Å². The molecule has 0 aromatic heterocycles. The Bertz CT molecular complexity index is 674. The smallest absolute Gasteiger partial charge is 0.407 e. The third-order valence-electron chi connectivity index (χ3n) is 4.65. The molecule has 0 radical (unpaired) electrons. The van der Waals surface area contributed by atoms with Crippen molar-refractivity contribution in [1.82, 2.24) is 25.4 Å². The third kappa shape index (κ3) is 8.38. The van der Waals surface area contributed by atoms with Crippen LogP contribution in [-0.2, 0) is 23.3 Å². The Morgan fingerprint density at radius 1 is 1.29 bits per heavy atom. The van der Waals surface area contributed by atoms with Crippen LogP contribution in [0.3, 0.4) is 0 Å². The Morgan fingerprint density at radius 3 is 2.68 bits per heavy atom. The lowest BCUT2D eigenvalue weighted by Crippen LogP contribution is -2.55. The molecular formula is C19H31N5O6S. The van der Waals surface area contributed by atoms with Gasteiger partial charge in [-0.2, -0.15) is 0 Å². The Morgan fingerprint density at radius 2 is 2.03 bits per heavy atom. The van der Waals surface area contributed by atoms with E-state index in [9.17, 15) is 19.2 Å². The van der Waals surface area contributed by atoms with Crippen molar-refractivity contribution in [3.05, 3.63) is 12.7 Å². The molecule has 1 saturated heterocycles. The van der Waals surface area contributed by atoms with Crippen LogP contribution in [0.25, 0.3) is 0 Å². The number of rotatable bonds is 12. The van der Waals surface area contributed by atoms with Crippen LogP contribution in [0.15, 0.2) is 12.7 Å². The first kappa shape index (κ1) is 25.0. The second-order valence-corrected chi connectivity index (χ2v) is 8.14. The first-order chi connectivity index (χ1) is 14.8. The van der Waals surface area contributed by atoms with E-state index in [1.54, 1.807) is 20.0 Å². The SMILES string of the molecule is C=CCC(NC(=O)C1CCCN1C(=O)CNC(=O)OCC)C(=O)NN(C)SOC1CC1. The highest BCUT2D eigenvalue weighted by atomic mass is 32.2. The minimum atomic E-state index is -0.843. The largest absolute Gasteiger partial charge is 0.450 e. The van der Waals surface area contributed by atoms with Crippen LogP contribution in [0.4, 0.5) is 4.79 Å². The number of ether oxygens (including phenoxy) is 1. The average Bonchev–Trinajstić information content (AvgIpc) is 3.43. The molecule has 3 N–H and O–H groups in total. The van der Waals surface area contributed by atoms with Crippen LogP contribution in [0, 0.1) is 0 Å². The van der Waals surface area contributed by atoms with E-state index in [2.05, 4.69) is 22.6 Å². The van der Waals surface area contributed by atoms with Gasteiger partial charge in [-0.05, 0) is 39.0 Å². The van der Waals surface area contributed by atoms with Gasteiger partial charge in [0.1, 0.15) is 30.9 Å². The molecule has 12 heteroatoms. The molecule has 2 atom stereocenters. The Balaban J connectivity index is 1.87. The van der Waals surface area contributed by atoms with E-state index in [0.29, 0.717) is 19.4 Å². The summed E-state index contributed by atoms with van der Waals surface area (Å²) in [5.74, 6) is -1.22. The highest BCUT2D eigenvalue weighted by Gasteiger charge is 2.36. The fraction of sp³-hybridized carbons (Fsp3) is 0.684. The number of likely N-dealkylation sites (tertiary alicyclic amines) is 1. The fourth-order valence-corrected chi connectivity index (χ4v) is 3.55. The van der Waals surface area contributed by atoms with Gasteiger partial charge in [0.15, 0.2) is 0 Å².